The summed E-state index contributed by atoms with van der Waals surface area (Å²) in [6, 6.07) is 47.8. The number of nitrogens with zero attached hydrogens (tertiary/aromatic N) is 14. The Morgan fingerprint density at radius 2 is 0.923 bits per heavy atom. The van der Waals surface area contributed by atoms with Crippen LogP contribution in [0.5, 0.6) is 0 Å². The van der Waals surface area contributed by atoms with Gasteiger partial charge in [0.1, 0.15) is 0 Å². The standard InChI is InChI=1S/C20H15N5.C20H13N5.C10H7ClN4/c2*1-2-5-16-14(4-1)7-8-15(22-16)9-11-19-23-20-12-10-17-18(25(20)24-19)6-3-13-21-17;11-6-9-13-10-4-3-7-8(15(10)14-9)2-1-5-12-7/h1-8,10,12-13H,9,11H2;1-13H;1-5H,6H2/b;11-9+;. The van der Waals surface area contributed by atoms with Crippen molar-refractivity contribution in [1.29, 1.82) is 0 Å². The Labute approximate surface area is 374 Å². The molecule has 0 saturated heterocycles. The number of pyridine rings is 8. The van der Waals surface area contributed by atoms with Gasteiger partial charge in [-0.05, 0) is 116 Å². The minimum atomic E-state index is 0.323. The van der Waals surface area contributed by atoms with Gasteiger partial charge >= 0.3 is 0 Å². The van der Waals surface area contributed by atoms with Crippen molar-refractivity contribution in [1.82, 2.24) is 68.7 Å². The molecule has 0 amide bonds. The topological polar surface area (TPSA) is 155 Å². The van der Waals surface area contributed by atoms with Crippen molar-refractivity contribution in [3.63, 3.8) is 0 Å². The van der Waals surface area contributed by atoms with Crippen LogP contribution in [0.2, 0.25) is 0 Å². The number of halogens is 1. The van der Waals surface area contributed by atoms with Crippen LogP contribution < -0.4 is 0 Å². The summed E-state index contributed by atoms with van der Waals surface area (Å²) in [5.74, 6) is 2.43. The highest BCUT2D eigenvalue weighted by molar-refractivity contribution is 6.16. The molecule has 0 atom stereocenters. The normalized spacial score (nSPS) is 11.6. The molecule has 0 unspecified atom stereocenters. The minimum absolute atomic E-state index is 0.323. The maximum absolute atomic E-state index is 5.70. The molecule has 0 spiro atoms. The summed E-state index contributed by atoms with van der Waals surface area (Å²) < 4.78 is 5.45. The zero-order valence-corrected chi connectivity index (χ0v) is 35.3. The quantitative estimate of drug-likeness (QED) is 0.147. The summed E-state index contributed by atoms with van der Waals surface area (Å²) in [6.07, 6.45) is 10.7. The smallest absolute Gasteiger partial charge is 0.175 e. The van der Waals surface area contributed by atoms with E-state index >= 15 is 0 Å². The van der Waals surface area contributed by atoms with Crippen molar-refractivity contribution in [2.24, 2.45) is 0 Å². The van der Waals surface area contributed by atoms with Crippen molar-refractivity contribution < 1.29 is 0 Å². The van der Waals surface area contributed by atoms with Gasteiger partial charge in [0.05, 0.1) is 55.7 Å². The molecule has 0 bridgehead atoms. The molecule has 13 rings (SSSR count). The summed E-state index contributed by atoms with van der Waals surface area (Å²) in [5.41, 5.74) is 12.0. The SMILES string of the molecule is C(=C\c1nc2ccc3ncccc3n2n1)/c1ccc2ccccc2n1.ClCc1nc2ccc3ncccc3n2n1.c1ccc2nc(CCc3nc4ccc5ncccc5n4n3)ccc2c1. The maximum atomic E-state index is 5.70. The first-order chi connectivity index (χ1) is 32.1. The molecule has 11 aromatic heterocycles. The van der Waals surface area contributed by atoms with E-state index in [1.54, 1.807) is 23.1 Å². The van der Waals surface area contributed by atoms with Gasteiger partial charge in [0, 0.05) is 41.5 Å². The third kappa shape index (κ3) is 8.12. The molecule has 2 aromatic carbocycles. The van der Waals surface area contributed by atoms with Gasteiger partial charge in [0.15, 0.2) is 34.4 Å². The van der Waals surface area contributed by atoms with Crippen molar-refractivity contribution in [2.75, 3.05) is 0 Å². The van der Waals surface area contributed by atoms with Crippen molar-refractivity contribution in [3.05, 3.63) is 193 Å². The predicted octanol–water partition coefficient (Wildman–Crippen LogP) is 9.62. The first-order valence-electron chi connectivity index (χ1n) is 20.9. The van der Waals surface area contributed by atoms with E-state index in [0.717, 1.165) is 102 Å². The second kappa shape index (κ2) is 17.3. The molecule has 14 nitrogen and oxygen atoms in total. The highest BCUT2D eigenvalue weighted by Crippen LogP contribution is 2.19. The Hall–Kier alpha value is -8.62. The Morgan fingerprint density at radius 1 is 0.400 bits per heavy atom. The number of rotatable bonds is 6. The van der Waals surface area contributed by atoms with E-state index in [2.05, 4.69) is 80.5 Å². The van der Waals surface area contributed by atoms with Crippen LogP contribution in [0.3, 0.4) is 0 Å². The molecule has 312 valence electrons. The molecule has 0 aliphatic carbocycles. The third-order valence-corrected chi connectivity index (χ3v) is 10.9. The Balaban J connectivity index is 0.000000112. The lowest BCUT2D eigenvalue weighted by Crippen LogP contribution is -1.97. The van der Waals surface area contributed by atoms with E-state index in [1.165, 1.54) is 0 Å². The number of benzene rings is 2. The average Bonchev–Trinajstić information content (AvgIpc) is 4.13. The van der Waals surface area contributed by atoms with E-state index in [0.29, 0.717) is 17.5 Å². The van der Waals surface area contributed by atoms with E-state index in [4.69, 9.17) is 16.6 Å². The van der Waals surface area contributed by atoms with Gasteiger partial charge in [-0.2, -0.15) is 5.10 Å². The lowest BCUT2D eigenvalue weighted by Gasteiger charge is -2.01. The molecule has 15 heteroatoms. The minimum Gasteiger partial charge on any atom is -0.255 e. The Bertz CT molecular complexity index is 3880. The number of hydrogen-bond donors (Lipinski definition) is 0. The van der Waals surface area contributed by atoms with Gasteiger partial charge in [0.2, 0.25) is 0 Å². The fourth-order valence-corrected chi connectivity index (χ4v) is 7.71. The highest BCUT2D eigenvalue weighted by Gasteiger charge is 2.10. The molecule has 0 aliphatic heterocycles. The zero-order chi connectivity index (χ0) is 43.5. The van der Waals surface area contributed by atoms with Crippen LogP contribution in [0.15, 0.2) is 164 Å². The lowest BCUT2D eigenvalue weighted by molar-refractivity contribution is 0.831. The van der Waals surface area contributed by atoms with E-state index in [9.17, 15) is 0 Å². The molecular formula is C50H35ClN14. The Morgan fingerprint density at radius 3 is 1.54 bits per heavy atom. The van der Waals surface area contributed by atoms with Crippen LogP contribution >= 0.6 is 11.6 Å². The first-order valence-corrected chi connectivity index (χ1v) is 21.4. The molecular weight excluding hydrogens is 832 g/mol. The average molecular weight is 867 g/mol. The van der Waals surface area contributed by atoms with Gasteiger partial charge in [-0.3, -0.25) is 19.9 Å². The van der Waals surface area contributed by atoms with Crippen LogP contribution in [0.1, 0.15) is 28.9 Å². The van der Waals surface area contributed by atoms with E-state index in [-0.39, 0.29) is 0 Å². The second-order valence-corrected chi connectivity index (χ2v) is 15.2. The number of aromatic nitrogens is 14. The molecule has 0 saturated carbocycles. The van der Waals surface area contributed by atoms with Crippen molar-refractivity contribution in [3.8, 4) is 0 Å². The number of fused-ring (bicyclic) bond motifs is 11. The summed E-state index contributed by atoms with van der Waals surface area (Å²) in [5, 5.41) is 15.8. The third-order valence-electron chi connectivity index (χ3n) is 10.7. The molecule has 65 heavy (non-hydrogen) atoms. The van der Waals surface area contributed by atoms with Crippen LogP contribution in [0.25, 0.3) is 84.0 Å². The van der Waals surface area contributed by atoms with Gasteiger partial charge < -0.3 is 0 Å². The van der Waals surface area contributed by atoms with Crippen molar-refractivity contribution >= 4 is 95.6 Å². The lowest BCUT2D eigenvalue weighted by atomic mass is 10.1. The monoisotopic (exact) mass is 866 g/mol. The molecule has 0 aliphatic rings. The van der Waals surface area contributed by atoms with Gasteiger partial charge in [0.25, 0.3) is 0 Å². The number of alkyl halides is 1. The van der Waals surface area contributed by atoms with Gasteiger partial charge in [-0.15, -0.1) is 21.8 Å². The summed E-state index contributed by atoms with van der Waals surface area (Å²) in [6.45, 7) is 0. The zero-order valence-electron chi connectivity index (χ0n) is 34.5. The van der Waals surface area contributed by atoms with E-state index in [1.807, 2.05) is 136 Å². The number of para-hydroxylation sites is 2. The first kappa shape index (κ1) is 39.2. The van der Waals surface area contributed by atoms with Crippen LogP contribution in [-0.2, 0) is 18.7 Å². The molecule has 0 fully saturated rings. The summed E-state index contributed by atoms with van der Waals surface area (Å²) in [4.78, 5) is 35.8. The summed E-state index contributed by atoms with van der Waals surface area (Å²) in [7, 11) is 0. The largest absolute Gasteiger partial charge is 0.255 e. The van der Waals surface area contributed by atoms with Crippen LogP contribution in [-0.4, -0.2) is 68.7 Å². The fraction of sp³-hybridized carbons (Fsp3) is 0.0600. The Kier molecular flexibility index (Phi) is 10.4. The maximum Gasteiger partial charge on any atom is 0.175 e. The van der Waals surface area contributed by atoms with Gasteiger partial charge in [-0.25, -0.2) is 33.5 Å². The van der Waals surface area contributed by atoms with Crippen molar-refractivity contribution in [2.45, 2.75) is 18.7 Å². The van der Waals surface area contributed by atoms with Crippen LogP contribution in [0.4, 0.5) is 0 Å². The predicted molar refractivity (Wildman–Crippen MR) is 254 cm³/mol. The number of aryl methyl sites for hydroxylation is 2. The summed E-state index contributed by atoms with van der Waals surface area (Å²) >= 11 is 5.70. The molecule has 0 radical (unpaired) electrons. The molecule has 13 aromatic rings. The second-order valence-electron chi connectivity index (χ2n) is 15.0. The fourth-order valence-electron chi connectivity index (χ4n) is 7.60. The highest BCUT2D eigenvalue weighted by atomic mass is 35.5. The van der Waals surface area contributed by atoms with Crippen LogP contribution in [0, 0.1) is 0 Å². The molecule has 0 N–H and O–H groups in total. The molecule has 11 heterocycles. The van der Waals surface area contributed by atoms with Gasteiger partial charge in [-0.1, -0.05) is 48.5 Å². The van der Waals surface area contributed by atoms with E-state index < -0.39 is 0 Å². The number of hydrogen-bond acceptors (Lipinski definition) is 11.